The molecule has 0 aromatic heterocycles. The Labute approximate surface area is 157 Å². The molecule has 0 unspecified atom stereocenters. The lowest BCUT2D eigenvalue weighted by Gasteiger charge is -2.12. The van der Waals surface area contributed by atoms with E-state index in [-0.39, 0.29) is 12.5 Å². The number of nitrogens with one attached hydrogen (secondary N) is 3. The van der Waals surface area contributed by atoms with E-state index in [0.717, 1.165) is 12.1 Å². The molecule has 2 aromatic carbocycles. The molecule has 0 heterocycles. The van der Waals surface area contributed by atoms with Crippen LogP contribution >= 0.6 is 11.6 Å². The molecule has 0 bridgehead atoms. The number of anilines is 2. The minimum absolute atomic E-state index is 0.169. The molecule has 27 heavy (non-hydrogen) atoms. The summed E-state index contributed by atoms with van der Waals surface area (Å²) in [7, 11) is 1.49. The van der Waals surface area contributed by atoms with Crippen LogP contribution in [0, 0.1) is 0 Å². The van der Waals surface area contributed by atoms with Gasteiger partial charge in [0, 0.05) is 18.3 Å². The van der Waals surface area contributed by atoms with Crippen LogP contribution in [0.4, 0.5) is 24.5 Å². The molecule has 0 saturated carbocycles. The van der Waals surface area contributed by atoms with Gasteiger partial charge in [0.25, 0.3) is 5.91 Å². The Bertz CT molecular complexity index is 826. The summed E-state index contributed by atoms with van der Waals surface area (Å²) in [6.07, 6.45) is -4.78. The zero-order valence-corrected chi connectivity index (χ0v) is 14.7. The topological polar surface area (TPSA) is 79.5 Å². The first-order chi connectivity index (χ1) is 12.7. The van der Waals surface area contributed by atoms with Crippen molar-refractivity contribution in [3.8, 4) is 5.75 Å². The summed E-state index contributed by atoms with van der Waals surface area (Å²) < 4.78 is 40.1. The van der Waals surface area contributed by atoms with Gasteiger partial charge in [-0.1, -0.05) is 11.6 Å². The average molecular weight is 402 g/mol. The Balaban J connectivity index is 1.94. The molecule has 0 saturated heterocycles. The molecule has 2 rings (SSSR count). The lowest BCUT2D eigenvalue weighted by Crippen LogP contribution is -2.22. The molecule has 0 spiro atoms. The van der Waals surface area contributed by atoms with E-state index < -0.39 is 18.0 Å². The molecule has 2 amide bonds. The van der Waals surface area contributed by atoms with Crippen molar-refractivity contribution in [3.05, 3.63) is 53.1 Å². The lowest BCUT2D eigenvalue weighted by atomic mass is 10.2. The molecule has 144 valence electrons. The minimum Gasteiger partial charge on any atom is -0.406 e. The minimum atomic E-state index is -4.78. The van der Waals surface area contributed by atoms with E-state index in [2.05, 4.69) is 20.7 Å². The normalized spacial score (nSPS) is 10.9. The average Bonchev–Trinajstić information content (AvgIpc) is 2.61. The van der Waals surface area contributed by atoms with Crippen LogP contribution in [0.5, 0.6) is 5.75 Å². The number of amides is 2. The second-order valence-corrected chi connectivity index (χ2v) is 5.65. The number of ether oxygens (including phenoxy) is 1. The Morgan fingerprint density at radius 3 is 2.37 bits per heavy atom. The molecule has 0 atom stereocenters. The van der Waals surface area contributed by atoms with Crippen LogP contribution in [0.1, 0.15) is 10.4 Å². The van der Waals surface area contributed by atoms with E-state index in [9.17, 15) is 22.8 Å². The summed E-state index contributed by atoms with van der Waals surface area (Å²) in [6.45, 7) is -0.169. The fourth-order valence-electron chi connectivity index (χ4n) is 2.07. The van der Waals surface area contributed by atoms with Crippen molar-refractivity contribution < 1.29 is 27.5 Å². The fraction of sp³-hybridized carbons (Fsp3) is 0.176. The molecule has 0 fully saturated rings. The van der Waals surface area contributed by atoms with Gasteiger partial charge in [-0.2, -0.15) is 0 Å². The second kappa shape index (κ2) is 8.63. The van der Waals surface area contributed by atoms with E-state index >= 15 is 0 Å². The second-order valence-electron chi connectivity index (χ2n) is 5.25. The molecule has 10 heteroatoms. The van der Waals surface area contributed by atoms with Gasteiger partial charge in [0.05, 0.1) is 17.3 Å². The molecule has 0 radical (unpaired) electrons. The highest BCUT2D eigenvalue weighted by Crippen LogP contribution is 2.24. The number of carbonyl (C=O) groups is 2. The van der Waals surface area contributed by atoms with Crippen molar-refractivity contribution in [3.63, 3.8) is 0 Å². The van der Waals surface area contributed by atoms with E-state index in [1.165, 1.54) is 37.4 Å². The number of rotatable bonds is 6. The number of hydrogen-bond donors (Lipinski definition) is 3. The first-order valence-electron chi connectivity index (χ1n) is 7.59. The molecule has 3 N–H and O–H groups in total. The van der Waals surface area contributed by atoms with Crippen LogP contribution in [-0.2, 0) is 4.79 Å². The van der Waals surface area contributed by atoms with Gasteiger partial charge in [0.1, 0.15) is 5.75 Å². The summed E-state index contributed by atoms with van der Waals surface area (Å²) >= 11 is 6.03. The zero-order valence-electron chi connectivity index (χ0n) is 14.0. The Kier molecular flexibility index (Phi) is 6.51. The number of hydrogen-bond acceptors (Lipinski definition) is 4. The zero-order chi connectivity index (χ0) is 20.0. The molecule has 0 aliphatic carbocycles. The van der Waals surface area contributed by atoms with Gasteiger partial charge in [-0.25, -0.2) is 0 Å². The molecular formula is C17H15ClF3N3O3. The number of alkyl halides is 3. The van der Waals surface area contributed by atoms with Crippen LogP contribution in [0.15, 0.2) is 42.5 Å². The third-order valence-electron chi connectivity index (χ3n) is 3.27. The van der Waals surface area contributed by atoms with Gasteiger partial charge >= 0.3 is 6.36 Å². The predicted octanol–water partition coefficient (Wildman–Crippen LogP) is 3.65. The summed E-state index contributed by atoms with van der Waals surface area (Å²) in [5.74, 6) is -1.15. The van der Waals surface area contributed by atoms with Crippen LogP contribution in [0.2, 0.25) is 5.02 Å². The monoisotopic (exact) mass is 401 g/mol. The maximum absolute atomic E-state index is 12.1. The molecule has 0 aliphatic heterocycles. The number of halogens is 4. The maximum atomic E-state index is 12.1. The Morgan fingerprint density at radius 2 is 1.78 bits per heavy atom. The van der Waals surface area contributed by atoms with Crippen molar-refractivity contribution in [2.75, 3.05) is 24.2 Å². The quantitative estimate of drug-likeness (QED) is 0.690. The Morgan fingerprint density at radius 1 is 1.11 bits per heavy atom. The van der Waals surface area contributed by atoms with Gasteiger partial charge in [0.2, 0.25) is 5.91 Å². The summed E-state index contributed by atoms with van der Waals surface area (Å²) in [5.41, 5.74) is 1.05. The first-order valence-corrected chi connectivity index (χ1v) is 7.97. The third-order valence-corrected chi connectivity index (χ3v) is 3.60. The molecular weight excluding hydrogens is 387 g/mol. The van der Waals surface area contributed by atoms with Gasteiger partial charge in [-0.05, 0) is 42.5 Å². The number of carbonyl (C=O) groups excluding carboxylic acids is 2. The van der Waals surface area contributed by atoms with E-state index in [1.807, 2.05) is 0 Å². The van der Waals surface area contributed by atoms with Gasteiger partial charge in [-0.15, -0.1) is 13.2 Å². The summed E-state index contributed by atoms with van der Waals surface area (Å²) in [6, 6.07) is 9.28. The molecule has 0 aliphatic rings. The van der Waals surface area contributed by atoms with Crippen molar-refractivity contribution in [1.29, 1.82) is 0 Å². The van der Waals surface area contributed by atoms with E-state index in [4.69, 9.17) is 11.6 Å². The largest absolute Gasteiger partial charge is 0.573 e. The highest BCUT2D eigenvalue weighted by atomic mass is 35.5. The van der Waals surface area contributed by atoms with Crippen molar-refractivity contribution in [2.45, 2.75) is 6.36 Å². The highest BCUT2D eigenvalue weighted by Gasteiger charge is 2.30. The number of benzene rings is 2. The Hall–Kier alpha value is -2.94. The maximum Gasteiger partial charge on any atom is 0.573 e. The van der Waals surface area contributed by atoms with Crippen LogP contribution in [0.25, 0.3) is 0 Å². The van der Waals surface area contributed by atoms with Gasteiger partial charge in [-0.3, -0.25) is 9.59 Å². The van der Waals surface area contributed by atoms with Crippen LogP contribution in [0.3, 0.4) is 0 Å². The fourth-order valence-corrected chi connectivity index (χ4v) is 2.25. The smallest absolute Gasteiger partial charge is 0.406 e. The van der Waals surface area contributed by atoms with E-state index in [0.29, 0.717) is 22.0 Å². The predicted molar refractivity (Wildman–Crippen MR) is 95.1 cm³/mol. The summed E-state index contributed by atoms with van der Waals surface area (Å²) in [5, 5.41) is 8.10. The van der Waals surface area contributed by atoms with Gasteiger partial charge in [0.15, 0.2) is 0 Å². The van der Waals surface area contributed by atoms with Crippen LogP contribution in [-0.4, -0.2) is 31.8 Å². The van der Waals surface area contributed by atoms with Crippen LogP contribution < -0.4 is 20.7 Å². The highest BCUT2D eigenvalue weighted by molar-refractivity contribution is 6.33. The lowest BCUT2D eigenvalue weighted by molar-refractivity contribution is -0.274. The first kappa shape index (κ1) is 20.4. The van der Waals surface area contributed by atoms with Crippen molar-refractivity contribution in [1.82, 2.24) is 5.32 Å². The summed E-state index contributed by atoms with van der Waals surface area (Å²) in [4.78, 5) is 23.6. The molecule has 6 nitrogen and oxygen atoms in total. The van der Waals surface area contributed by atoms with Crippen molar-refractivity contribution in [2.24, 2.45) is 0 Å². The molecule has 2 aromatic rings. The van der Waals surface area contributed by atoms with Crippen molar-refractivity contribution >= 4 is 34.8 Å². The standard InChI is InChI=1S/C17H15ClF3N3O3/c1-22-16(26)10-2-7-13(18)14(8-10)23-9-15(25)24-11-3-5-12(6-4-11)27-17(19,20)21/h2-8,23H,9H2,1H3,(H,22,26)(H,24,25). The third kappa shape index (κ3) is 6.37. The van der Waals surface area contributed by atoms with E-state index in [1.54, 1.807) is 0 Å². The SMILES string of the molecule is CNC(=O)c1ccc(Cl)c(NCC(=O)Nc2ccc(OC(F)(F)F)cc2)c1. The van der Waals surface area contributed by atoms with Gasteiger partial charge < -0.3 is 20.7 Å².